The molecule has 0 bridgehead atoms. The van der Waals surface area contributed by atoms with E-state index in [4.69, 9.17) is 60.3 Å². The summed E-state index contributed by atoms with van der Waals surface area (Å²) in [5.74, 6) is 1.34. The highest BCUT2D eigenvalue weighted by molar-refractivity contribution is 6.74. The summed E-state index contributed by atoms with van der Waals surface area (Å²) in [6.45, 7) is 32.8. The van der Waals surface area contributed by atoms with Gasteiger partial charge < -0.3 is 65.1 Å². The summed E-state index contributed by atoms with van der Waals surface area (Å²) < 4.78 is 81.9. The second-order valence-electron chi connectivity index (χ2n) is 25.5. The molecule has 0 radical (unpaired) electrons. The lowest BCUT2D eigenvalue weighted by atomic mass is 9.82. The maximum Gasteiger partial charge on any atom is 0.349 e. The number of carbonyl (C=O) groups excluding carboxylic acids is 2. The first-order chi connectivity index (χ1) is 34.7. The fourth-order valence-corrected chi connectivity index (χ4v) is 22.9. The zero-order valence-electron chi connectivity index (χ0n) is 47.6. The SMILES string of the molecule is COC(=O)C[C@@H]1O[C@H]2C[C@H]3O[Si](C(C)(C)C)(C(C)(C)C)OC[C@H]3O[C@H]2[C@H](C)[C@H]1OCc1ccc(OC)cc1.COc1ccc(CO[C@@H]2[C@@H](C)[C@@H]3O[C@@H]4CO[Si](C(C)(C)C)(C(C)(C)C)O[C@@H]4C[C@@H]3O[C@H]2CC=O)cc1. The minimum Gasteiger partial charge on any atom is -0.497 e. The van der Waals surface area contributed by atoms with E-state index in [0.29, 0.717) is 39.3 Å². The van der Waals surface area contributed by atoms with Crippen LogP contribution < -0.4 is 9.47 Å². The molecular weight excluding hydrogens is 981 g/mol. The van der Waals surface area contributed by atoms with Crippen LogP contribution >= 0.6 is 0 Å². The van der Waals surface area contributed by atoms with Gasteiger partial charge in [0.05, 0.1) is 115 Å². The molecule has 0 saturated carbocycles. The Balaban J connectivity index is 0.000000217. The molecule has 0 N–H and O–H groups in total. The van der Waals surface area contributed by atoms with Crippen molar-refractivity contribution >= 4 is 29.4 Å². The van der Waals surface area contributed by atoms with Crippen LogP contribution in [0.4, 0.5) is 0 Å². The first-order valence-electron chi connectivity index (χ1n) is 26.9. The highest BCUT2D eigenvalue weighted by Gasteiger charge is 2.65. The molecule has 8 rings (SSSR count). The minimum absolute atomic E-state index is 0.00300. The predicted molar refractivity (Wildman–Crippen MR) is 285 cm³/mol. The summed E-state index contributed by atoms with van der Waals surface area (Å²) in [6.07, 6.45) is 0.292. The Kier molecular flexibility index (Phi) is 18.5. The van der Waals surface area contributed by atoms with Crippen LogP contribution in [0.3, 0.4) is 0 Å². The monoisotopic (exact) mass is 1070 g/mol. The molecule has 0 aliphatic carbocycles. The van der Waals surface area contributed by atoms with Crippen molar-refractivity contribution in [3.05, 3.63) is 59.7 Å². The topological polar surface area (TPSA) is 154 Å². The lowest BCUT2D eigenvalue weighted by molar-refractivity contribution is -0.282. The van der Waals surface area contributed by atoms with Crippen molar-refractivity contribution in [2.45, 2.75) is 229 Å². The Morgan fingerprint density at radius 2 is 0.932 bits per heavy atom. The number of carbonyl (C=O) groups is 2. The van der Waals surface area contributed by atoms with E-state index >= 15 is 0 Å². The maximum atomic E-state index is 12.3. The molecule has 416 valence electrons. The molecule has 6 aliphatic heterocycles. The summed E-state index contributed by atoms with van der Waals surface area (Å²) in [6, 6.07) is 15.6. The molecule has 74 heavy (non-hydrogen) atoms. The van der Waals surface area contributed by atoms with Gasteiger partial charge in [-0.2, -0.15) is 0 Å². The number of fused-ring (bicyclic) bond motifs is 4. The molecule has 0 spiro atoms. The molecule has 6 aliphatic rings. The standard InChI is InChI=1S/C29H46O8Si.C28H44O7Si/c1-18-26(33-16-19-10-12-20(31-8)13-11-19)23(15-25(30)32-9)35-22-14-21-24(36-27(18)22)17-34-38(37-21,28(2,3)4)29(5,6)7;1-18-25(31-16-19-9-11-20(30-8)12-10-19)21(13-14-29)33-23-15-22-24(34-26(18)23)17-32-36(35-22,27(2,3)4)28(5,6)7/h10-13,18,21-24,26-27H,14-17H2,1-9H3;9-12,14,18,21-26H,13,15-17H2,1-8H3/t18-,21-,22+,23+,24-,26-,27+;18-,21+,22-,23+,24-,25-,26+/m11/s1. The second kappa shape index (κ2) is 23.3. The molecule has 15 nitrogen and oxygen atoms in total. The Hall–Kier alpha value is -2.79. The number of benzene rings is 2. The number of hydrogen-bond donors (Lipinski definition) is 0. The first-order valence-corrected chi connectivity index (χ1v) is 30.6. The van der Waals surface area contributed by atoms with Crippen molar-refractivity contribution in [1.82, 2.24) is 0 Å². The van der Waals surface area contributed by atoms with E-state index in [-0.39, 0.29) is 112 Å². The summed E-state index contributed by atoms with van der Waals surface area (Å²) in [5, 5.41) is -0.397. The van der Waals surface area contributed by atoms with Crippen LogP contribution in [0.25, 0.3) is 0 Å². The molecule has 6 fully saturated rings. The van der Waals surface area contributed by atoms with Gasteiger partial charge in [-0.25, -0.2) is 0 Å². The smallest absolute Gasteiger partial charge is 0.349 e. The highest BCUT2D eigenvalue weighted by atomic mass is 28.4. The molecule has 6 heterocycles. The normalized spacial score (nSPS) is 33.7. The van der Waals surface area contributed by atoms with Gasteiger partial charge in [0.2, 0.25) is 0 Å². The number of esters is 1. The van der Waals surface area contributed by atoms with E-state index in [1.165, 1.54) is 7.11 Å². The van der Waals surface area contributed by atoms with E-state index in [0.717, 1.165) is 35.3 Å². The highest BCUT2D eigenvalue weighted by Crippen LogP contribution is 2.57. The molecule has 0 unspecified atom stereocenters. The van der Waals surface area contributed by atoms with Crippen molar-refractivity contribution < 1.29 is 69.9 Å². The van der Waals surface area contributed by atoms with Crippen LogP contribution in [0.2, 0.25) is 20.2 Å². The minimum atomic E-state index is -2.63. The summed E-state index contributed by atoms with van der Waals surface area (Å²) in [7, 11) is -0.529. The molecule has 6 saturated heterocycles. The molecule has 2 aromatic carbocycles. The molecule has 0 amide bonds. The number of ether oxygens (including phenoxy) is 9. The Labute approximate surface area is 444 Å². The Morgan fingerprint density at radius 1 is 0.554 bits per heavy atom. The number of hydrogen-bond acceptors (Lipinski definition) is 15. The van der Waals surface area contributed by atoms with E-state index in [1.54, 1.807) is 14.2 Å². The van der Waals surface area contributed by atoms with Gasteiger partial charge in [-0.15, -0.1) is 0 Å². The molecular formula is C57H90O15Si2. The van der Waals surface area contributed by atoms with Crippen LogP contribution in [0.15, 0.2) is 48.5 Å². The van der Waals surface area contributed by atoms with Gasteiger partial charge in [0.15, 0.2) is 0 Å². The summed E-state index contributed by atoms with van der Waals surface area (Å²) >= 11 is 0. The Bertz CT molecular complexity index is 2120. The van der Waals surface area contributed by atoms with E-state index in [2.05, 4.69) is 96.9 Å². The first kappa shape index (κ1) is 58.9. The van der Waals surface area contributed by atoms with Crippen LogP contribution in [-0.2, 0) is 73.7 Å². The van der Waals surface area contributed by atoms with Crippen molar-refractivity contribution in [3.63, 3.8) is 0 Å². The van der Waals surface area contributed by atoms with Gasteiger partial charge in [-0.1, -0.05) is 121 Å². The fraction of sp³-hybridized carbons (Fsp3) is 0.754. The van der Waals surface area contributed by atoms with Crippen LogP contribution in [0.5, 0.6) is 11.5 Å². The summed E-state index contributed by atoms with van der Waals surface area (Å²) in [5.41, 5.74) is 2.06. The van der Waals surface area contributed by atoms with Crippen LogP contribution in [0.1, 0.15) is 134 Å². The van der Waals surface area contributed by atoms with Crippen molar-refractivity contribution in [1.29, 1.82) is 0 Å². The van der Waals surface area contributed by atoms with Gasteiger partial charge in [-0.05, 0) is 35.4 Å². The van der Waals surface area contributed by atoms with Crippen molar-refractivity contribution in [2.24, 2.45) is 11.8 Å². The second-order valence-corrected chi connectivity index (χ2v) is 35.0. The lowest BCUT2D eigenvalue weighted by Crippen LogP contribution is -2.69. The van der Waals surface area contributed by atoms with Crippen LogP contribution in [0, 0.1) is 11.8 Å². The molecule has 17 heteroatoms. The molecule has 0 aromatic heterocycles. The van der Waals surface area contributed by atoms with Gasteiger partial charge in [0.25, 0.3) is 0 Å². The third-order valence-corrected chi connectivity index (χ3v) is 26.6. The zero-order chi connectivity index (χ0) is 54.2. The quantitative estimate of drug-likeness (QED) is 0.112. The summed E-state index contributed by atoms with van der Waals surface area (Å²) in [4.78, 5) is 23.9. The van der Waals surface area contributed by atoms with E-state index < -0.39 is 23.2 Å². The third kappa shape index (κ3) is 12.2. The van der Waals surface area contributed by atoms with Crippen molar-refractivity contribution in [3.8, 4) is 11.5 Å². The number of aldehydes is 1. The van der Waals surface area contributed by atoms with Crippen molar-refractivity contribution in [2.75, 3.05) is 34.5 Å². The van der Waals surface area contributed by atoms with Gasteiger partial charge >= 0.3 is 23.1 Å². The average molecular weight is 1070 g/mol. The molecule has 2 aromatic rings. The number of rotatable bonds is 12. The van der Waals surface area contributed by atoms with E-state index in [9.17, 15) is 9.59 Å². The fourth-order valence-electron chi connectivity index (χ4n) is 12.9. The van der Waals surface area contributed by atoms with Gasteiger partial charge in [-0.3, -0.25) is 4.79 Å². The Morgan fingerprint density at radius 3 is 1.28 bits per heavy atom. The largest absolute Gasteiger partial charge is 0.497 e. The van der Waals surface area contributed by atoms with Gasteiger partial charge in [0.1, 0.15) is 30.0 Å². The predicted octanol–water partition coefficient (Wildman–Crippen LogP) is 10.4. The number of methoxy groups -OCH3 is 3. The average Bonchev–Trinajstić information content (AvgIpc) is 3.34. The lowest BCUT2D eigenvalue weighted by Gasteiger charge is -2.58. The van der Waals surface area contributed by atoms with Crippen LogP contribution in [-0.4, -0.2) is 137 Å². The third-order valence-electron chi connectivity index (χ3n) is 16.3. The molecule has 14 atom stereocenters. The maximum absolute atomic E-state index is 12.3. The zero-order valence-corrected chi connectivity index (χ0v) is 49.6. The van der Waals surface area contributed by atoms with Gasteiger partial charge in [0, 0.05) is 51.3 Å². The van der Waals surface area contributed by atoms with E-state index in [1.807, 2.05) is 48.5 Å².